The second kappa shape index (κ2) is 7.82. The van der Waals surface area contributed by atoms with Crippen LogP contribution in [0.4, 0.5) is 0 Å². The van der Waals surface area contributed by atoms with Crippen molar-refractivity contribution in [3.05, 3.63) is 29.8 Å². The number of hydrogen-bond donors (Lipinski definition) is 0. The van der Waals surface area contributed by atoms with Crippen LogP contribution in [-0.2, 0) is 4.74 Å². The summed E-state index contributed by atoms with van der Waals surface area (Å²) in [7, 11) is 0. The highest BCUT2D eigenvalue weighted by Gasteiger charge is 2.33. The zero-order valence-corrected chi connectivity index (χ0v) is 14.0. The number of carbonyl (C=O) groups is 1. The molecule has 2 atom stereocenters. The van der Waals surface area contributed by atoms with Crippen molar-refractivity contribution >= 4 is 5.97 Å². The van der Waals surface area contributed by atoms with Crippen molar-refractivity contribution in [3.8, 4) is 5.75 Å². The standard InChI is InChI=1S/C19H27NO3/c1-2-22-17-10-8-15(9-11-17)19(21)23-14-16-6-5-13-20-12-4-3-7-18(16)20/h8-11,16,18H,2-7,12-14H2,1H3/t16-,18+/m0/s1. The molecule has 0 aromatic heterocycles. The van der Waals surface area contributed by atoms with Gasteiger partial charge < -0.3 is 9.47 Å². The highest BCUT2D eigenvalue weighted by molar-refractivity contribution is 5.89. The third kappa shape index (κ3) is 4.05. The molecule has 2 heterocycles. The molecule has 1 aromatic rings. The number of ether oxygens (including phenoxy) is 2. The summed E-state index contributed by atoms with van der Waals surface area (Å²) < 4.78 is 11.0. The van der Waals surface area contributed by atoms with Crippen LogP contribution in [0.1, 0.15) is 49.4 Å². The zero-order chi connectivity index (χ0) is 16.1. The van der Waals surface area contributed by atoms with Crippen molar-refractivity contribution in [2.45, 2.75) is 45.1 Å². The smallest absolute Gasteiger partial charge is 0.338 e. The van der Waals surface area contributed by atoms with Crippen molar-refractivity contribution in [2.75, 3.05) is 26.3 Å². The van der Waals surface area contributed by atoms with Crippen LogP contribution in [0.3, 0.4) is 0 Å². The summed E-state index contributed by atoms with van der Waals surface area (Å²) >= 11 is 0. The summed E-state index contributed by atoms with van der Waals surface area (Å²) in [6.07, 6.45) is 6.28. The lowest BCUT2D eigenvalue weighted by Crippen LogP contribution is -2.49. The monoisotopic (exact) mass is 317 g/mol. The average Bonchev–Trinajstić information content (AvgIpc) is 2.60. The second-order valence-electron chi connectivity index (χ2n) is 6.56. The van der Waals surface area contributed by atoms with Crippen LogP contribution in [-0.4, -0.2) is 43.2 Å². The minimum atomic E-state index is -0.221. The van der Waals surface area contributed by atoms with Crippen molar-refractivity contribution in [1.82, 2.24) is 4.90 Å². The van der Waals surface area contributed by atoms with Gasteiger partial charge in [-0.05, 0) is 70.0 Å². The molecule has 2 aliphatic heterocycles. The summed E-state index contributed by atoms with van der Waals surface area (Å²) in [5.74, 6) is 1.06. The zero-order valence-electron chi connectivity index (χ0n) is 14.0. The van der Waals surface area contributed by atoms with Crippen LogP contribution in [0.5, 0.6) is 5.75 Å². The van der Waals surface area contributed by atoms with Crippen LogP contribution < -0.4 is 4.74 Å². The molecular weight excluding hydrogens is 290 g/mol. The number of hydrogen-bond acceptors (Lipinski definition) is 4. The van der Waals surface area contributed by atoms with Crippen LogP contribution in [0.15, 0.2) is 24.3 Å². The van der Waals surface area contributed by atoms with Gasteiger partial charge in [0.1, 0.15) is 5.75 Å². The van der Waals surface area contributed by atoms with Crippen molar-refractivity contribution < 1.29 is 14.3 Å². The van der Waals surface area contributed by atoms with E-state index in [0.29, 0.717) is 30.7 Å². The molecule has 0 spiro atoms. The first-order chi connectivity index (χ1) is 11.3. The molecule has 0 aliphatic carbocycles. The van der Waals surface area contributed by atoms with Gasteiger partial charge in [-0.3, -0.25) is 4.90 Å². The Bertz CT molecular complexity index is 512. The summed E-state index contributed by atoms with van der Waals surface area (Å²) in [6.45, 7) is 5.56. The predicted molar refractivity (Wildman–Crippen MR) is 89.8 cm³/mol. The molecule has 0 unspecified atom stereocenters. The van der Waals surface area contributed by atoms with Gasteiger partial charge >= 0.3 is 5.97 Å². The quantitative estimate of drug-likeness (QED) is 0.779. The molecule has 3 rings (SSSR count). The van der Waals surface area contributed by atoms with Crippen LogP contribution in [0, 0.1) is 5.92 Å². The Hall–Kier alpha value is -1.55. The maximum atomic E-state index is 12.2. The number of fused-ring (bicyclic) bond motifs is 1. The van der Waals surface area contributed by atoms with E-state index in [1.165, 1.54) is 45.2 Å². The Morgan fingerprint density at radius 1 is 1.13 bits per heavy atom. The maximum Gasteiger partial charge on any atom is 0.338 e. The fourth-order valence-corrected chi connectivity index (χ4v) is 3.89. The molecule has 2 aliphatic rings. The van der Waals surface area contributed by atoms with E-state index in [1.54, 1.807) is 12.1 Å². The van der Waals surface area contributed by atoms with E-state index in [-0.39, 0.29) is 5.97 Å². The van der Waals surface area contributed by atoms with E-state index in [0.717, 1.165) is 5.75 Å². The van der Waals surface area contributed by atoms with E-state index >= 15 is 0 Å². The molecular formula is C19H27NO3. The van der Waals surface area contributed by atoms with Crippen LogP contribution in [0.2, 0.25) is 0 Å². The SMILES string of the molecule is CCOc1ccc(C(=O)OC[C@@H]2CCCN3CCCC[C@H]23)cc1. The molecule has 4 nitrogen and oxygen atoms in total. The van der Waals surface area contributed by atoms with Gasteiger partial charge in [0, 0.05) is 12.0 Å². The third-order valence-corrected chi connectivity index (χ3v) is 5.06. The first-order valence-corrected chi connectivity index (χ1v) is 8.92. The first-order valence-electron chi connectivity index (χ1n) is 8.92. The van der Waals surface area contributed by atoms with Crippen LogP contribution >= 0.6 is 0 Å². The van der Waals surface area contributed by atoms with Gasteiger partial charge in [-0.1, -0.05) is 6.42 Å². The Morgan fingerprint density at radius 2 is 1.91 bits per heavy atom. The molecule has 23 heavy (non-hydrogen) atoms. The number of esters is 1. The largest absolute Gasteiger partial charge is 0.494 e. The Labute approximate surface area is 138 Å². The molecule has 0 amide bonds. The molecule has 126 valence electrons. The van der Waals surface area contributed by atoms with Gasteiger partial charge in [0.25, 0.3) is 0 Å². The second-order valence-corrected chi connectivity index (χ2v) is 6.56. The normalized spacial score (nSPS) is 24.7. The molecule has 0 N–H and O–H groups in total. The Kier molecular flexibility index (Phi) is 5.55. The third-order valence-electron chi connectivity index (χ3n) is 5.06. The van der Waals surface area contributed by atoms with E-state index in [2.05, 4.69) is 4.90 Å². The summed E-state index contributed by atoms with van der Waals surface area (Å²) in [6, 6.07) is 7.82. The lowest BCUT2D eigenvalue weighted by Gasteiger charge is -2.44. The molecule has 0 radical (unpaired) electrons. The van der Waals surface area contributed by atoms with Gasteiger partial charge in [0.15, 0.2) is 0 Å². The lowest BCUT2D eigenvalue weighted by atomic mass is 9.84. The maximum absolute atomic E-state index is 12.2. The first kappa shape index (κ1) is 16.3. The van der Waals surface area contributed by atoms with Gasteiger partial charge in [-0.15, -0.1) is 0 Å². The van der Waals surface area contributed by atoms with Gasteiger partial charge in [-0.2, -0.15) is 0 Å². The molecule has 0 bridgehead atoms. The minimum Gasteiger partial charge on any atom is -0.494 e. The molecule has 4 heteroatoms. The van der Waals surface area contributed by atoms with E-state index in [4.69, 9.17) is 9.47 Å². The minimum absolute atomic E-state index is 0.221. The molecule has 0 saturated carbocycles. The fourth-order valence-electron chi connectivity index (χ4n) is 3.89. The van der Waals surface area contributed by atoms with Crippen LogP contribution in [0.25, 0.3) is 0 Å². The van der Waals surface area contributed by atoms with Crippen molar-refractivity contribution in [2.24, 2.45) is 5.92 Å². The summed E-state index contributed by atoms with van der Waals surface area (Å²) in [5.41, 5.74) is 0.602. The Morgan fingerprint density at radius 3 is 2.70 bits per heavy atom. The molecule has 2 fully saturated rings. The lowest BCUT2D eigenvalue weighted by molar-refractivity contribution is 0.00739. The number of piperidine rings is 2. The van der Waals surface area contributed by atoms with Crippen molar-refractivity contribution in [3.63, 3.8) is 0 Å². The predicted octanol–water partition coefficient (Wildman–Crippen LogP) is 3.51. The van der Waals surface area contributed by atoms with Gasteiger partial charge in [0.2, 0.25) is 0 Å². The van der Waals surface area contributed by atoms with E-state index in [1.807, 2.05) is 19.1 Å². The highest BCUT2D eigenvalue weighted by Crippen LogP contribution is 2.31. The van der Waals surface area contributed by atoms with E-state index in [9.17, 15) is 4.79 Å². The van der Waals surface area contributed by atoms with Gasteiger partial charge in [-0.25, -0.2) is 4.79 Å². The Balaban J connectivity index is 1.53. The number of nitrogens with zero attached hydrogens (tertiary/aromatic N) is 1. The molecule has 2 saturated heterocycles. The number of carbonyl (C=O) groups excluding carboxylic acids is 1. The summed E-state index contributed by atoms with van der Waals surface area (Å²) in [4.78, 5) is 14.8. The van der Waals surface area contributed by atoms with Gasteiger partial charge in [0.05, 0.1) is 18.8 Å². The van der Waals surface area contributed by atoms with E-state index < -0.39 is 0 Å². The fraction of sp³-hybridized carbons (Fsp3) is 0.632. The summed E-state index contributed by atoms with van der Waals surface area (Å²) in [5, 5.41) is 0. The van der Waals surface area contributed by atoms with Crippen molar-refractivity contribution in [1.29, 1.82) is 0 Å². The topological polar surface area (TPSA) is 38.8 Å². The average molecular weight is 317 g/mol. The molecule has 1 aromatic carbocycles. The number of benzene rings is 1. The number of rotatable bonds is 5. The highest BCUT2D eigenvalue weighted by atomic mass is 16.5.